The number of ether oxygens (including phenoxy) is 9. The quantitative estimate of drug-likeness (QED) is 0.0238. The molecule has 0 saturated carbocycles. The molecular formula is C88H131BCl2N11O22. The fraction of sp³-hybridized carbons (Fsp3) is 0.568. The van der Waals surface area contributed by atoms with Crippen LogP contribution in [0.4, 0.5) is 24.0 Å². The minimum Gasteiger partial charge on any atom is -0.465 e. The smallest absolute Gasteiger partial charge is 0.465 e. The van der Waals surface area contributed by atoms with E-state index in [0.717, 1.165) is 30.8 Å². The maximum Gasteiger partial charge on any atom is 0.519 e. The molecule has 124 heavy (non-hydrogen) atoms. The molecule has 3 atom stereocenters. The van der Waals surface area contributed by atoms with Gasteiger partial charge in [0.25, 0.3) is 11.1 Å². The van der Waals surface area contributed by atoms with Crippen LogP contribution < -0.4 is 22.2 Å². The zero-order chi connectivity index (χ0) is 90.2. The minimum absolute atomic E-state index is 0. The van der Waals surface area contributed by atoms with Crippen LogP contribution in [0.2, 0.25) is 0 Å². The molecule has 10 rings (SSSR count). The van der Waals surface area contributed by atoms with E-state index in [1.54, 1.807) is 104 Å². The summed E-state index contributed by atoms with van der Waals surface area (Å²) in [5.41, 5.74) is 7.36. The molecule has 2 aromatic heterocycles. The van der Waals surface area contributed by atoms with E-state index in [2.05, 4.69) is 24.9 Å². The molecule has 7 heterocycles. The Bertz CT molecular complexity index is 4360. The van der Waals surface area contributed by atoms with Gasteiger partial charge < -0.3 is 73.4 Å². The lowest BCUT2D eigenvalue weighted by Gasteiger charge is -2.32. The van der Waals surface area contributed by atoms with Crippen molar-refractivity contribution in [3.8, 4) is 0 Å². The summed E-state index contributed by atoms with van der Waals surface area (Å²) in [7, 11) is 0. The van der Waals surface area contributed by atoms with Crippen LogP contribution in [0.15, 0.2) is 101 Å². The molecular weight excluding hydrogens is 1640 g/mol. The molecule has 687 valence electrons. The van der Waals surface area contributed by atoms with Crippen LogP contribution in [0.5, 0.6) is 0 Å². The Hall–Kier alpha value is -10.6. The Kier molecular flexibility index (Phi) is 48.4. The lowest BCUT2D eigenvalue weighted by atomic mass is 9.95. The molecule has 5 aliphatic heterocycles. The number of amides is 3. The second-order valence-corrected chi connectivity index (χ2v) is 33.5. The number of carbonyl (C=O) groups is 11. The number of nitrogens with zero attached hydrogens (tertiary/aromatic N) is 7. The third-order valence-corrected chi connectivity index (χ3v) is 17.2. The van der Waals surface area contributed by atoms with Crippen molar-refractivity contribution >= 4 is 105 Å². The molecule has 3 saturated heterocycles. The molecule has 5 N–H and O–H groups in total. The first-order valence-corrected chi connectivity index (χ1v) is 40.2. The molecule has 5 aromatic rings. The lowest BCUT2D eigenvalue weighted by molar-refractivity contribution is -0.155. The van der Waals surface area contributed by atoms with Gasteiger partial charge >= 0.3 is 48.5 Å². The molecule has 3 radical (unpaired) electrons. The predicted octanol–water partition coefficient (Wildman–Crippen LogP) is 12.5. The number of Topliss-reactive ketones (excluding diaryl/α,β-unsaturated/α-hetero) is 3. The third kappa shape index (κ3) is 40.8. The van der Waals surface area contributed by atoms with Crippen molar-refractivity contribution in [3.63, 3.8) is 0 Å². The molecule has 33 nitrogen and oxygen atoms in total. The van der Waals surface area contributed by atoms with Crippen molar-refractivity contribution in [1.29, 1.82) is 5.41 Å². The highest BCUT2D eigenvalue weighted by atomic mass is 35.5. The summed E-state index contributed by atoms with van der Waals surface area (Å²) in [6.07, 6.45) is -0.999. The van der Waals surface area contributed by atoms with E-state index in [1.807, 2.05) is 139 Å². The number of esters is 3. The number of nitrogens with two attached hydrogens (primary N) is 1. The summed E-state index contributed by atoms with van der Waals surface area (Å²) in [4.78, 5) is 171. The van der Waals surface area contributed by atoms with Crippen LogP contribution in [0.25, 0.3) is 0 Å². The van der Waals surface area contributed by atoms with Gasteiger partial charge in [-0.15, -0.1) is 24.8 Å². The van der Waals surface area contributed by atoms with Crippen LogP contribution in [0.3, 0.4) is 0 Å². The number of hydrogen-bond acceptors (Lipinski definition) is 27. The van der Waals surface area contributed by atoms with Crippen molar-refractivity contribution in [2.24, 2.45) is 23.5 Å². The topological polar surface area (TPSA) is 426 Å². The number of likely N-dealkylation sites (tertiary alicyclic amines) is 2. The highest BCUT2D eigenvalue weighted by Gasteiger charge is 2.39. The Morgan fingerprint density at radius 1 is 0.500 bits per heavy atom. The van der Waals surface area contributed by atoms with Gasteiger partial charge in [0.2, 0.25) is 0 Å². The van der Waals surface area contributed by atoms with Gasteiger partial charge in [-0.2, -0.15) is 0 Å². The number of carbonyl (C=O) groups excluding carboxylic acids is 11. The number of piperidine rings is 3. The normalized spacial score (nSPS) is 16.0. The van der Waals surface area contributed by atoms with Crippen molar-refractivity contribution < 1.29 is 95.4 Å². The van der Waals surface area contributed by atoms with E-state index >= 15 is 0 Å². The van der Waals surface area contributed by atoms with Crippen LogP contribution in [0.1, 0.15) is 215 Å². The number of aryl methyl sites for hydroxylation is 2. The maximum absolute atomic E-state index is 13.7. The second kappa shape index (κ2) is 52.9. The van der Waals surface area contributed by atoms with Crippen molar-refractivity contribution in [3.05, 3.63) is 163 Å². The zero-order valence-corrected chi connectivity index (χ0v) is 76.6. The Balaban J connectivity index is 0.00000148. The Morgan fingerprint density at radius 2 is 0.863 bits per heavy atom. The molecule has 0 aliphatic carbocycles. The van der Waals surface area contributed by atoms with Crippen LogP contribution in [0, 0.1) is 37.0 Å². The molecule has 3 amide bonds. The number of fused-ring (bicyclic) bond motifs is 2. The average molecular weight is 1780 g/mol. The van der Waals surface area contributed by atoms with Gasteiger partial charge in [0.05, 0.1) is 75.8 Å². The van der Waals surface area contributed by atoms with Gasteiger partial charge in [-0.05, 0) is 201 Å². The van der Waals surface area contributed by atoms with Gasteiger partial charge in [0, 0.05) is 52.3 Å². The fourth-order valence-electron chi connectivity index (χ4n) is 12.2. The van der Waals surface area contributed by atoms with E-state index in [1.165, 1.54) is 17.4 Å². The van der Waals surface area contributed by atoms with Crippen molar-refractivity contribution in [1.82, 2.24) is 44.4 Å². The van der Waals surface area contributed by atoms with Gasteiger partial charge in [0.15, 0.2) is 17.3 Å². The van der Waals surface area contributed by atoms with E-state index in [4.69, 9.17) is 54.0 Å². The Morgan fingerprint density at radius 3 is 1.24 bits per heavy atom. The summed E-state index contributed by atoms with van der Waals surface area (Å²) in [5, 5.41) is 9.18. The lowest BCUT2D eigenvalue weighted by Crippen LogP contribution is -2.48. The number of rotatable bonds is 11. The number of H-pyrrole nitrogens is 1. The number of halogens is 2. The monoisotopic (exact) mass is 1770 g/mol. The molecule has 3 aromatic carbocycles. The second-order valence-electron chi connectivity index (χ2n) is 33.5. The molecule has 5 aliphatic rings. The standard InChI is InChI=1S/C26H29N3O3.C15H19NO3.C13H19N3O3.C13H21NO5.C10H18O5.C8H13NO3.C2H6N2.CH4.B.2ClH/c1-18-27-22-17-28(25(31)32-26(2,3)4)16-15-21(22)24(30)29(18)23(19-11-7-5-8-12-19)20-13-9-6-10-14-20;1-2-19-15(18)13-8-9-16(11-14(13)17)10-12-6-4-3-5-7-12;1-8-14-10-7-16(12(18)19-13(2,3)4)6-5-9(10)11(17)15-8;1-5-18-11(16)9-6-7-14(8-10(9)15)12(17)19-13(2,3)4;1-9(2,3)14-7(11)13-8(12)15-10(4,5)6;1-2-12-8(11)6-3-4-9-5-7(6)10;1-2(3)4;;;;/h5-14,23H,15-17H2,1-4H3;3-7,13H,2,8-11H2,1H3;5-7H2,1-4H3,(H,14,15,17);9H,5-8H2,1-4H3;1-6H3;6,9H,2-5H2,1H3;1H3,(H3,3,4);1H4;;2*1H. The summed E-state index contributed by atoms with van der Waals surface area (Å²) >= 11 is 0. The maximum atomic E-state index is 13.7. The summed E-state index contributed by atoms with van der Waals surface area (Å²) in [6.45, 7) is 42.1. The van der Waals surface area contributed by atoms with Crippen LogP contribution >= 0.6 is 24.8 Å². The summed E-state index contributed by atoms with van der Waals surface area (Å²) in [6, 6.07) is 29.8. The van der Waals surface area contributed by atoms with Gasteiger partial charge in [0.1, 0.15) is 57.4 Å². The largest absolute Gasteiger partial charge is 0.519 e. The van der Waals surface area contributed by atoms with E-state index in [0.29, 0.717) is 112 Å². The first kappa shape index (κ1) is 113. The van der Waals surface area contributed by atoms with Gasteiger partial charge in [-0.3, -0.25) is 53.2 Å². The number of hydrogen-bond donors (Lipinski definition) is 4. The highest BCUT2D eigenvalue weighted by molar-refractivity contribution is 6.02. The molecule has 36 heteroatoms. The number of amidine groups is 1. The first-order chi connectivity index (χ1) is 55.9. The molecule has 0 spiro atoms. The SMILES string of the molecule is C.CC(=N)N.CC(C)(C)OC(=O)OC(=O)OC(C)(C)C.CCOC(=O)C1CCN(C(=O)OC(C)(C)C)CC1=O.CCOC(=O)C1CCN(Cc2ccccc2)CC1=O.CCOC(=O)C1CCNCC1=O.Cc1nc2c(c(=O)[nH]1)CCN(C(=O)OC(C)(C)C)C2.Cc1nc2c(c(=O)n1C(c1ccccc1)c1ccccc1)CCN(C(=O)OC(C)(C)C)C2.Cl.Cl.[B]. The fourth-order valence-corrected chi connectivity index (χ4v) is 12.2. The third-order valence-electron chi connectivity index (χ3n) is 17.2. The van der Waals surface area contributed by atoms with Crippen molar-refractivity contribution in [2.45, 2.75) is 239 Å². The number of benzene rings is 3. The van der Waals surface area contributed by atoms with Crippen LogP contribution in [-0.4, -0.2) is 219 Å². The van der Waals surface area contributed by atoms with Crippen molar-refractivity contribution in [2.75, 3.05) is 72.2 Å². The number of aromatic nitrogens is 4. The van der Waals surface area contributed by atoms with E-state index in [-0.39, 0.29) is 131 Å². The molecule has 0 bridgehead atoms. The predicted molar refractivity (Wildman–Crippen MR) is 473 cm³/mol. The van der Waals surface area contributed by atoms with Crippen LogP contribution in [-0.2, 0) is 104 Å². The summed E-state index contributed by atoms with van der Waals surface area (Å²) < 4.78 is 46.1. The first-order valence-electron chi connectivity index (χ1n) is 40.2. The highest BCUT2D eigenvalue weighted by Crippen LogP contribution is 2.29. The number of aromatic amines is 1. The van der Waals surface area contributed by atoms with E-state index < -0.39 is 70.1 Å². The van der Waals surface area contributed by atoms with Gasteiger partial charge in [-0.25, -0.2) is 33.9 Å². The number of nitrogens with one attached hydrogen (secondary N) is 3. The molecule has 3 unspecified atom stereocenters. The zero-order valence-electron chi connectivity index (χ0n) is 75.0. The summed E-state index contributed by atoms with van der Waals surface area (Å²) in [5.74, 6) is -2.10. The number of ketones is 3. The minimum atomic E-state index is -1.06. The average Bonchev–Trinajstić information content (AvgIpc) is 0.759. The van der Waals surface area contributed by atoms with E-state index in [9.17, 15) is 62.3 Å². The van der Waals surface area contributed by atoms with Gasteiger partial charge in [-0.1, -0.05) is 98.4 Å². The Labute approximate surface area is 743 Å². The molecule has 3 fully saturated rings.